The standard InChI is InChI=1S/C16H24N2O4/c1-3-4-12-21-15(19)17-11-10-13(2)22-16(20)18-14-8-6-5-7-9-14/h5-9,13H,3-4,10-12H2,1-2H3,(H,17,19)(H,18,20). The second-order valence-electron chi connectivity index (χ2n) is 4.91. The molecular weight excluding hydrogens is 284 g/mol. The van der Waals surface area contributed by atoms with Crippen LogP contribution >= 0.6 is 0 Å². The molecule has 1 atom stereocenters. The van der Waals surface area contributed by atoms with Gasteiger partial charge in [-0.2, -0.15) is 0 Å². The van der Waals surface area contributed by atoms with Gasteiger partial charge in [-0.3, -0.25) is 5.32 Å². The molecular formula is C16H24N2O4. The van der Waals surface area contributed by atoms with Gasteiger partial charge in [-0.1, -0.05) is 31.5 Å². The predicted octanol–water partition coefficient (Wildman–Crippen LogP) is 3.54. The number of nitrogens with one attached hydrogen (secondary N) is 2. The molecule has 0 spiro atoms. The van der Waals surface area contributed by atoms with E-state index in [1.54, 1.807) is 19.1 Å². The number of unbranched alkanes of at least 4 members (excludes halogenated alkanes) is 1. The molecule has 1 rings (SSSR count). The lowest BCUT2D eigenvalue weighted by molar-refractivity contribution is 0.113. The Balaban J connectivity index is 2.13. The molecule has 1 aromatic carbocycles. The van der Waals surface area contributed by atoms with Crippen molar-refractivity contribution in [3.8, 4) is 0 Å². The van der Waals surface area contributed by atoms with Crippen molar-refractivity contribution < 1.29 is 19.1 Å². The highest BCUT2D eigenvalue weighted by molar-refractivity contribution is 5.84. The second-order valence-corrected chi connectivity index (χ2v) is 4.91. The minimum Gasteiger partial charge on any atom is -0.450 e. The maximum Gasteiger partial charge on any atom is 0.411 e. The van der Waals surface area contributed by atoms with Gasteiger partial charge in [0.1, 0.15) is 6.10 Å². The van der Waals surface area contributed by atoms with Gasteiger partial charge in [-0.25, -0.2) is 9.59 Å². The topological polar surface area (TPSA) is 76.7 Å². The molecule has 0 aliphatic heterocycles. The van der Waals surface area contributed by atoms with E-state index < -0.39 is 12.2 Å². The lowest BCUT2D eigenvalue weighted by atomic mass is 10.3. The smallest absolute Gasteiger partial charge is 0.411 e. The summed E-state index contributed by atoms with van der Waals surface area (Å²) in [5.41, 5.74) is 0.678. The van der Waals surface area contributed by atoms with Crippen molar-refractivity contribution in [2.75, 3.05) is 18.5 Å². The fourth-order valence-electron chi connectivity index (χ4n) is 1.65. The van der Waals surface area contributed by atoms with Gasteiger partial charge in [0.15, 0.2) is 0 Å². The average Bonchev–Trinajstić information content (AvgIpc) is 2.48. The van der Waals surface area contributed by atoms with Crippen molar-refractivity contribution in [3.05, 3.63) is 30.3 Å². The number of anilines is 1. The Labute approximate surface area is 131 Å². The third-order valence-electron chi connectivity index (χ3n) is 2.88. The number of carbonyl (C=O) groups excluding carboxylic acids is 2. The van der Waals surface area contributed by atoms with Crippen LogP contribution in [0.1, 0.15) is 33.1 Å². The fraction of sp³-hybridized carbons (Fsp3) is 0.500. The van der Waals surface area contributed by atoms with E-state index in [0.29, 0.717) is 25.3 Å². The zero-order valence-corrected chi connectivity index (χ0v) is 13.1. The number of hydrogen-bond donors (Lipinski definition) is 2. The Hall–Kier alpha value is -2.24. The molecule has 0 saturated carbocycles. The van der Waals surface area contributed by atoms with Gasteiger partial charge in [0.25, 0.3) is 0 Å². The quantitative estimate of drug-likeness (QED) is 0.720. The monoisotopic (exact) mass is 308 g/mol. The van der Waals surface area contributed by atoms with E-state index in [0.717, 1.165) is 12.8 Å². The highest BCUT2D eigenvalue weighted by atomic mass is 16.6. The first-order valence-corrected chi connectivity index (χ1v) is 7.55. The second kappa shape index (κ2) is 10.5. The number of alkyl carbamates (subject to hydrolysis) is 1. The molecule has 0 saturated heterocycles. The molecule has 122 valence electrons. The SMILES string of the molecule is CCCCOC(=O)NCCC(C)OC(=O)Nc1ccccc1. The van der Waals surface area contributed by atoms with E-state index in [9.17, 15) is 9.59 Å². The molecule has 0 aliphatic rings. The first-order valence-electron chi connectivity index (χ1n) is 7.55. The van der Waals surface area contributed by atoms with Crippen molar-refractivity contribution in [1.29, 1.82) is 0 Å². The van der Waals surface area contributed by atoms with Crippen LogP contribution in [-0.4, -0.2) is 31.4 Å². The molecule has 22 heavy (non-hydrogen) atoms. The largest absolute Gasteiger partial charge is 0.450 e. The van der Waals surface area contributed by atoms with Crippen molar-refractivity contribution in [3.63, 3.8) is 0 Å². The van der Waals surface area contributed by atoms with Crippen LogP contribution in [0.15, 0.2) is 30.3 Å². The van der Waals surface area contributed by atoms with Crippen molar-refractivity contribution in [1.82, 2.24) is 5.32 Å². The third kappa shape index (κ3) is 8.14. The third-order valence-corrected chi connectivity index (χ3v) is 2.88. The van der Waals surface area contributed by atoms with Gasteiger partial charge in [0.2, 0.25) is 0 Å². The first-order chi connectivity index (χ1) is 10.6. The molecule has 2 amide bonds. The molecule has 6 heteroatoms. The zero-order chi connectivity index (χ0) is 16.2. The summed E-state index contributed by atoms with van der Waals surface area (Å²) >= 11 is 0. The molecule has 6 nitrogen and oxygen atoms in total. The van der Waals surface area contributed by atoms with Crippen molar-refractivity contribution in [2.45, 2.75) is 39.2 Å². The van der Waals surface area contributed by atoms with Crippen LogP contribution in [0.2, 0.25) is 0 Å². The number of rotatable bonds is 8. The fourth-order valence-corrected chi connectivity index (χ4v) is 1.65. The van der Waals surface area contributed by atoms with Crippen LogP contribution in [0.3, 0.4) is 0 Å². The number of ether oxygens (including phenoxy) is 2. The maximum absolute atomic E-state index is 11.6. The summed E-state index contributed by atoms with van der Waals surface area (Å²) < 4.78 is 10.1. The lowest BCUT2D eigenvalue weighted by Crippen LogP contribution is -2.29. The van der Waals surface area contributed by atoms with E-state index in [1.807, 2.05) is 25.1 Å². The molecule has 0 bridgehead atoms. The Morgan fingerprint density at radius 1 is 1.18 bits per heavy atom. The Morgan fingerprint density at radius 3 is 2.59 bits per heavy atom. The minimum absolute atomic E-state index is 0.306. The summed E-state index contributed by atoms with van der Waals surface area (Å²) in [6, 6.07) is 9.07. The molecule has 0 fully saturated rings. The Kier molecular flexibility index (Phi) is 8.49. The molecule has 1 aromatic rings. The summed E-state index contributed by atoms with van der Waals surface area (Å²) in [5.74, 6) is 0. The normalized spacial score (nSPS) is 11.4. The molecule has 2 N–H and O–H groups in total. The molecule has 0 aliphatic carbocycles. The zero-order valence-electron chi connectivity index (χ0n) is 13.1. The molecule has 1 unspecified atom stereocenters. The van der Waals surface area contributed by atoms with Crippen LogP contribution in [0.4, 0.5) is 15.3 Å². The van der Waals surface area contributed by atoms with Gasteiger partial charge in [-0.15, -0.1) is 0 Å². The number of amides is 2. The van der Waals surface area contributed by atoms with E-state index in [2.05, 4.69) is 10.6 Å². The average molecular weight is 308 g/mol. The van der Waals surface area contributed by atoms with E-state index >= 15 is 0 Å². The number of carbonyl (C=O) groups is 2. The van der Waals surface area contributed by atoms with Crippen LogP contribution in [-0.2, 0) is 9.47 Å². The Bertz CT molecular complexity index is 451. The number of hydrogen-bond acceptors (Lipinski definition) is 4. The number of para-hydroxylation sites is 1. The van der Waals surface area contributed by atoms with Gasteiger partial charge in [0, 0.05) is 18.7 Å². The number of benzene rings is 1. The summed E-state index contributed by atoms with van der Waals surface area (Å²) in [7, 11) is 0. The van der Waals surface area contributed by atoms with Gasteiger partial charge >= 0.3 is 12.2 Å². The van der Waals surface area contributed by atoms with Crippen LogP contribution in [0, 0.1) is 0 Å². The van der Waals surface area contributed by atoms with Crippen LogP contribution in [0.5, 0.6) is 0 Å². The maximum atomic E-state index is 11.6. The van der Waals surface area contributed by atoms with Crippen molar-refractivity contribution in [2.24, 2.45) is 0 Å². The summed E-state index contributed by atoms with van der Waals surface area (Å²) in [5, 5.41) is 5.26. The highest BCUT2D eigenvalue weighted by Gasteiger charge is 2.10. The summed E-state index contributed by atoms with van der Waals surface area (Å²) in [6.07, 6.45) is 1.10. The van der Waals surface area contributed by atoms with Gasteiger partial charge < -0.3 is 14.8 Å². The minimum atomic E-state index is -0.510. The van der Waals surface area contributed by atoms with Gasteiger partial charge in [-0.05, 0) is 25.5 Å². The van der Waals surface area contributed by atoms with Crippen LogP contribution in [0.25, 0.3) is 0 Å². The van der Waals surface area contributed by atoms with Crippen molar-refractivity contribution >= 4 is 17.9 Å². The van der Waals surface area contributed by atoms with Gasteiger partial charge in [0.05, 0.1) is 6.61 Å². The highest BCUT2D eigenvalue weighted by Crippen LogP contribution is 2.07. The van der Waals surface area contributed by atoms with E-state index in [1.165, 1.54) is 0 Å². The molecule has 0 aromatic heterocycles. The summed E-state index contributed by atoms with van der Waals surface area (Å²) in [6.45, 7) is 4.62. The first kappa shape index (κ1) is 17.8. The predicted molar refractivity (Wildman–Crippen MR) is 84.9 cm³/mol. The molecule has 0 radical (unpaired) electrons. The summed E-state index contributed by atoms with van der Waals surface area (Å²) in [4.78, 5) is 23.0. The van der Waals surface area contributed by atoms with E-state index in [4.69, 9.17) is 9.47 Å². The molecule has 0 heterocycles. The van der Waals surface area contributed by atoms with E-state index in [-0.39, 0.29) is 6.10 Å². The lowest BCUT2D eigenvalue weighted by Gasteiger charge is -2.14. The Morgan fingerprint density at radius 2 is 1.91 bits per heavy atom. The van der Waals surface area contributed by atoms with Crippen LogP contribution < -0.4 is 10.6 Å².